The zero-order valence-corrected chi connectivity index (χ0v) is 21.9. The Kier molecular flexibility index (Phi) is 7.35. The molecule has 1 heterocycles. The summed E-state index contributed by atoms with van der Waals surface area (Å²) in [7, 11) is -1.66. The van der Waals surface area contributed by atoms with Crippen molar-refractivity contribution >= 4 is 26.5 Å². The zero-order chi connectivity index (χ0) is 23.5. The van der Waals surface area contributed by atoms with E-state index in [0.29, 0.717) is 0 Å². The molecule has 3 nitrogen and oxygen atoms in total. The van der Waals surface area contributed by atoms with E-state index < -0.39 is 9.04 Å². The smallest absolute Gasteiger partial charge is 0.401 e. The van der Waals surface area contributed by atoms with Crippen LogP contribution in [0.1, 0.15) is 73.1 Å². The van der Waals surface area contributed by atoms with Crippen LogP contribution < -0.4 is 10.4 Å². The van der Waals surface area contributed by atoms with Crippen molar-refractivity contribution in [2.45, 2.75) is 89.9 Å². The minimum atomic E-state index is -1.35. The average molecular weight is 462 g/mol. The summed E-state index contributed by atoms with van der Waals surface area (Å²) in [6.07, 6.45) is 6.88. The SMILES string of the molecule is C/C(=C\B1OC(C)(C)C(C)(C)O1)CC1(O[Si](c2ccccc2)c2ccccc2)CCCCC1. The highest BCUT2D eigenvalue weighted by atomic mass is 28.3. The van der Waals surface area contributed by atoms with Crippen LogP contribution in [0.5, 0.6) is 0 Å². The fourth-order valence-corrected chi connectivity index (χ4v) is 7.22. The van der Waals surface area contributed by atoms with Gasteiger partial charge >= 0.3 is 7.12 Å². The van der Waals surface area contributed by atoms with Gasteiger partial charge in [-0.05, 0) is 64.3 Å². The molecule has 0 bridgehead atoms. The van der Waals surface area contributed by atoms with Gasteiger partial charge in [-0.2, -0.15) is 0 Å². The van der Waals surface area contributed by atoms with Crippen molar-refractivity contribution in [3.63, 3.8) is 0 Å². The fraction of sp³-hybridized carbons (Fsp3) is 0.500. The van der Waals surface area contributed by atoms with E-state index >= 15 is 0 Å². The molecule has 2 aromatic carbocycles. The molecule has 5 heteroatoms. The third-order valence-electron chi connectivity index (χ3n) is 7.45. The molecular formula is C28H38BO3Si. The van der Waals surface area contributed by atoms with Crippen molar-refractivity contribution in [1.29, 1.82) is 0 Å². The summed E-state index contributed by atoms with van der Waals surface area (Å²) in [4.78, 5) is 0. The Morgan fingerprint density at radius 1 is 0.848 bits per heavy atom. The van der Waals surface area contributed by atoms with Gasteiger partial charge < -0.3 is 13.7 Å². The van der Waals surface area contributed by atoms with Crippen molar-refractivity contribution in [2.75, 3.05) is 0 Å². The van der Waals surface area contributed by atoms with Crippen molar-refractivity contribution in [3.05, 3.63) is 72.2 Å². The molecule has 2 aromatic rings. The molecule has 1 radical (unpaired) electrons. The molecule has 33 heavy (non-hydrogen) atoms. The second kappa shape index (κ2) is 9.91. The largest absolute Gasteiger partial charge is 0.487 e. The standard InChI is InChI=1S/C28H38BO3Si/c1-23(22-29-30-26(2,3)27(4,5)31-29)21-28(19-13-8-14-20-28)32-33(24-15-9-6-10-16-24)25-17-11-7-12-18-25/h6-7,9-12,15-18,22H,8,13-14,19-21H2,1-5H3/b23-22+. The lowest BCUT2D eigenvalue weighted by Gasteiger charge is -2.41. The second-order valence-corrected chi connectivity index (χ2v) is 12.7. The summed E-state index contributed by atoms with van der Waals surface area (Å²) < 4.78 is 19.7. The normalized spacial score (nSPS) is 22.0. The maximum Gasteiger partial charge on any atom is 0.487 e. The predicted molar refractivity (Wildman–Crippen MR) is 139 cm³/mol. The minimum Gasteiger partial charge on any atom is -0.401 e. The first-order chi connectivity index (χ1) is 15.7. The van der Waals surface area contributed by atoms with Gasteiger partial charge in [-0.3, -0.25) is 0 Å². The van der Waals surface area contributed by atoms with Gasteiger partial charge in [0.2, 0.25) is 0 Å². The number of hydrogen-bond donors (Lipinski definition) is 0. The molecule has 175 valence electrons. The summed E-state index contributed by atoms with van der Waals surface area (Å²) in [6.45, 7) is 10.6. The van der Waals surface area contributed by atoms with E-state index in [0.717, 1.165) is 19.3 Å². The van der Waals surface area contributed by atoms with Crippen LogP contribution in [0.25, 0.3) is 0 Å². The van der Waals surface area contributed by atoms with E-state index in [-0.39, 0.29) is 23.9 Å². The van der Waals surface area contributed by atoms with Crippen LogP contribution in [0, 0.1) is 0 Å². The molecule has 0 N–H and O–H groups in total. The molecule has 2 aliphatic rings. The lowest BCUT2D eigenvalue weighted by atomic mass is 9.78. The Balaban J connectivity index is 1.59. The third kappa shape index (κ3) is 5.71. The Hall–Kier alpha value is -1.66. The molecule has 1 aliphatic heterocycles. The first-order valence-electron chi connectivity index (χ1n) is 12.4. The van der Waals surface area contributed by atoms with E-state index in [1.54, 1.807) is 0 Å². The summed E-state index contributed by atoms with van der Waals surface area (Å²) in [5.74, 6) is 2.17. The van der Waals surface area contributed by atoms with Gasteiger partial charge in [0.25, 0.3) is 9.04 Å². The molecule has 0 atom stereocenters. The van der Waals surface area contributed by atoms with Crippen molar-refractivity contribution in [3.8, 4) is 0 Å². The van der Waals surface area contributed by atoms with Gasteiger partial charge in [-0.25, -0.2) is 0 Å². The quantitative estimate of drug-likeness (QED) is 0.511. The summed E-state index contributed by atoms with van der Waals surface area (Å²) >= 11 is 0. The molecule has 0 aromatic heterocycles. The maximum atomic E-state index is 7.25. The highest BCUT2D eigenvalue weighted by molar-refractivity contribution is 6.80. The monoisotopic (exact) mass is 461 g/mol. The number of hydrogen-bond acceptors (Lipinski definition) is 3. The number of rotatable bonds is 7. The van der Waals surface area contributed by atoms with Crippen LogP contribution in [0.4, 0.5) is 0 Å². The van der Waals surface area contributed by atoms with Crippen LogP contribution in [0.15, 0.2) is 72.2 Å². The third-order valence-corrected chi connectivity index (χ3v) is 9.80. The predicted octanol–water partition coefficient (Wildman–Crippen LogP) is 5.48. The van der Waals surface area contributed by atoms with Gasteiger partial charge in [0.1, 0.15) is 0 Å². The van der Waals surface area contributed by atoms with E-state index in [1.165, 1.54) is 35.2 Å². The van der Waals surface area contributed by atoms with Gasteiger partial charge in [-0.15, -0.1) is 0 Å². The molecule has 0 amide bonds. The van der Waals surface area contributed by atoms with Crippen LogP contribution in [-0.2, 0) is 13.7 Å². The van der Waals surface area contributed by atoms with Gasteiger partial charge in [0, 0.05) is 0 Å². The fourth-order valence-electron chi connectivity index (χ4n) is 4.95. The molecule has 2 fully saturated rings. The summed E-state index contributed by atoms with van der Waals surface area (Å²) in [5.41, 5.74) is 0.523. The van der Waals surface area contributed by atoms with Crippen LogP contribution in [0.3, 0.4) is 0 Å². The molecule has 1 saturated heterocycles. The van der Waals surface area contributed by atoms with E-state index in [4.69, 9.17) is 13.7 Å². The lowest BCUT2D eigenvalue weighted by Crippen LogP contribution is -2.52. The second-order valence-electron chi connectivity index (χ2n) is 10.7. The van der Waals surface area contributed by atoms with Gasteiger partial charge in [0.15, 0.2) is 0 Å². The Labute approximate surface area is 202 Å². The molecule has 0 spiro atoms. The first-order valence-corrected chi connectivity index (χ1v) is 13.8. The van der Waals surface area contributed by atoms with Crippen LogP contribution >= 0.6 is 0 Å². The molecular weight excluding hydrogens is 423 g/mol. The topological polar surface area (TPSA) is 27.7 Å². The van der Waals surface area contributed by atoms with Crippen LogP contribution in [-0.4, -0.2) is 33.0 Å². The Bertz CT molecular complexity index is 881. The molecule has 4 rings (SSSR count). The van der Waals surface area contributed by atoms with Crippen LogP contribution in [0.2, 0.25) is 0 Å². The van der Waals surface area contributed by atoms with Crippen molar-refractivity contribution in [2.24, 2.45) is 0 Å². The van der Waals surface area contributed by atoms with Gasteiger partial charge in [-0.1, -0.05) is 91.5 Å². The zero-order valence-electron chi connectivity index (χ0n) is 20.9. The lowest BCUT2D eigenvalue weighted by molar-refractivity contribution is 0.00578. The Morgan fingerprint density at radius 2 is 1.33 bits per heavy atom. The molecule has 1 aliphatic carbocycles. The highest BCUT2D eigenvalue weighted by Gasteiger charge is 2.50. The highest BCUT2D eigenvalue weighted by Crippen LogP contribution is 2.40. The average Bonchev–Trinajstić information content (AvgIpc) is 2.99. The maximum absolute atomic E-state index is 7.25. The first kappa shape index (κ1) is 24.5. The minimum absolute atomic E-state index is 0.136. The van der Waals surface area contributed by atoms with E-state index in [9.17, 15) is 0 Å². The Morgan fingerprint density at radius 3 is 1.82 bits per heavy atom. The van der Waals surface area contributed by atoms with Crippen molar-refractivity contribution < 1.29 is 13.7 Å². The number of benzene rings is 2. The summed E-state index contributed by atoms with van der Waals surface area (Å²) in [5, 5.41) is 2.62. The molecule has 1 saturated carbocycles. The van der Waals surface area contributed by atoms with Gasteiger partial charge in [0.05, 0.1) is 16.8 Å². The van der Waals surface area contributed by atoms with E-state index in [2.05, 4.69) is 101 Å². The summed E-state index contributed by atoms with van der Waals surface area (Å²) in [6, 6.07) is 21.6. The van der Waals surface area contributed by atoms with E-state index in [1.807, 2.05) is 0 Å². The van der Waals surface area contributed by atoms with Crippen molar-refractivity contribution in [1.82, 2.24) is 0 Å². The molecule has 0 unspecified atom stereocenters.